The predicted molar refractivity (Wildman–Crippen MR) is 92.0 cm³/mol. The molecular weight excluding hydrogens is 278 g/mol. The molecule has 1 fully saturated rings. The highest BCUT2D eigenvalue weighted by Gasteiger charge is 2.24. The molecule has 0 aliphatic heterocycles. The topological polar surface area (TPSA) is 25.2 Å². The number of rotatable bonds is 5. The molecule has 2 aromatic rings. The van der Waals surface area contributed by atoms with E-state index in [-0.39, 0.29) is 0 Å². The van der Waals surface area contributed by atoms with Crippen molar-refractivity contribution in [2.45, 2.75) is 56.9 Å². The Morgan fingerprint density at radius 1 is 1.24 bits per heavy atom. The van der Waals surface area contributed by atoms with Gasteiger partial charge in [-0.1, -0.05) is 38.0 Å². The van der Waals surface area contributed by atoms with Crippen LogP contribution in [0.4, 0.5) is 0 Å². The fourth-order valence-electron chi connectivity index (χ4n) is 3.47. The van der Waals surface area contributed by atoms with Crippen molar-refractivity contribution in [2.24, 2.45) is 0 Å². The zero-order valence-corrected chi connectivity index (χ0v) is 13.8. The summed E-state index contributed by atoms with van der Waals surface area (Å²) >= 11 is 2.02. The third kappa shape index (κ3) is 3.14. The standard InChI is InChI=1S/C18H25NOS/c1-3-16-14(13-8-4-6-10-17(13)20-16)12-19-15-9-5-7-11-18(15)21-2/h4,6,8,10,15,18-19H,3,5,7,9,11-12H2,1-2H3. The summed E-state index contributed by atoms with van der Waals surface area (Å²) in [6.07, 6.45) is 8.62. The first-order valence-electron chi connectivity index (χ1n) is 8.09. The van der Waals surface area contributed by atoms with Gasteiger partial charge in [-0.25, -0.2) is 0 Å². The molecule has 1 saturated carbocycles. The van der Waals surface area contributed by atoms with Crippen LogP contribution in [0.1, 0.15) is 43.9 Å². The van der Waals surface area contributed by atoms with Gasteiger partial charge in [-0.3, -0.25) is 0 Å². The van der Waals surface area contributed by atoms with Crippen LogP contribution < -0.4 is 5.32 Å². The van der Waals surface area contributed by atoms with Gasteiger partial charge in [0.25, 0.3) is 0 Å². The fourth-order valence-corrected chi connectivity index (χ4v) is 4.44. The van der Waals surface area contributed by atoms with E-state index in [0.29, 0.717) is 6.04 Å². The van der Waals surface area contributed by atoms with Gasteiger partial charge in [-0.05, 0) is 25.2 Å². The second-order valence-electron chi connectivity index (χ2n) is 5.90. The van der Waals surface area contributed by atoms with Crippen molar-refractivity contribution >= 4 is 22.7 Å². The van der Waals surface area contributed by atoms with Crippen LogP contribution in [0, 0.1) is 0 Å². The fraction of sp³-hybridized carbons (Fsp3) is 0.556. The quantitative estimate of drug-likeness (QED) is 0.862. The predicted octanol–water partition coefficient (Wildman–Crippen LogP) is 4.76. The molecule has 2 nitrogen and oxygen atoms in total. The van der Waals surface area contributed by atoms with Crippen molar-refractivity contribution in [1.82, 2.24) is 5.32 Å². The van der Waals surface area contributed by atoms with E-state index >= 15 is 0 Å². The van der Waals surface area contributed by atoms with Gasteiger partial charge in [0, 0.05) is 35.2 Å². The molecule has 0 saturated heterocycles. The lowest BCUT2D eigenvalue weighted by atomic mass is 9.94. The monoisotopic (exact) mass is 303 g/mol. The van der Waals surface area contributed by atoms with E-state index in [1.54, 1.807) is 0 Å². The Hall–Kier alpha value is -0.930. The molecular formula is C18H25NOS. The number of hydrogen-bond acceptors (Lipinski definition) is 3. The first kappa shape index (κ1) is 15.0. The molecule has 3 heteroatoms. The summed E-state index contributed by atoms with van der Waals surface area (Å²) < 4.78 is 6.00. The summed E-state index contributed by atoms with van der Waals surface area (Å²) in [5.41, 5.74) is 2.38. The van der Waals surface area contributed by atoms with Crippen LogP contribution in [0.15, 0.2) is 28.7 Å². The molecule has 3 rings (SSSR count). The van der Waals surface area contributed by atoms with Crippen molar-refractivity contribution in [3.05, 3.63) is 35.6 Å². The Bertz CT molecular complexity index is 592. The minimum Gasteiger partial charge on any atom is -0.461 e. The van der Waals surface area contributed by atoms with Crippen LogP contribution in [0.2, 0.25) is 0 Å². The molecule has 0 radical (unpaired) electrons. The molecule has 1 heterocycles. The smallest absolute Gasteiger partial charge is 0.134 e. The molecule has 1 aromatic carbocycles. The molecule has 21 heavy (non-hydrogen) atoms. The minimum atomic E-state index is 0.645. The first-order valence-corrected chi connectivity index (χ1v) is 9.37. The van der Waals surface area contributed by atoms with Crippen molar-refractivity contribution in [3.8, 4) is 0 Å². The Balaban J connectivity index is 1.78. The van der Waals surface area contributed by atoms with Crippen LogP contribution in [0.25, 0.3) is 11.0 Å². The van der Waals surface area contributed by atoms with Crippen LogP contribution in [0.3, 0.4) is 0 Å². The number of hydrogen-bond donors (Lipinski definition) is 1. The SMILES string of the molecule is CCc1oc2ccccc2c1CNC1CCCCC1SC. The molecule has 2 unspecified atom stereocenters. The second kappa shape index (κ2) is 6.89. The van der Waals surface area contributed by atoms with Crippen LogP contribution >= 0.6 is 11.8 Å². The molecule has 0 spiro atoms. The molecule has 1 aliphatic carbocycles. The summed E-state index contributed by atoms with van der Waals surface area (Å²) in [7, 11) is 0. The Kier molecular flexibility index (Phi) is 4.91. The highest BCUT2D eigenvalue weighted by atomic mass is 32.2. The van der Waals surface area contributed by atoms with E-state index in [1.165, 1.54) is 36.6 Å². The maximum absolute atomic E-state index is 6.00. The zero-order chi connectivity index (χ0) is 14.7. The lowest BCUT2D eigenvalue weighted by Gasteiger charge is -2.31. The molecule has 114 valence electrons. The summed E-state index contributed by atoms with van der Waals surface area (Å²) in [6.45, 7) is 3.11. The highest BCUT2D eigenvalue weighted by Crippen LogP contribution is 2.29. The Morgan fingerprint density at radius 2 is 2.05 bits per heavy atom. The number of benzene rings is 1. The number of furan rings is 1. The lowest BCUT2D eigenvalue weighted by Crippen LogP contribution is -2.40. The highest BCUT2D eigenvalue weighted by molar-refractivity contribution is 7.99. The van der Waals surface area contributed by atoms with Crippen molar-refractivity contribution in [2.75, 3.05) is 6.26 Å². The number of nitrogens with one attached hydrogen (secondary N) is 1. The van der Waals surface area contributed by atoms with Gasteiger partial charge in [-0.15, -0.1) is 0 Å². The number of fused-ring (bicyclic) bond motifs is 1. The summed E-state index contributed by atoms with van der Waals surface area (Å²) in [6, 6.07) is 9.05. The molecule has 2 atom stereocenters. The van der Waals surface area contributed by atoms with Gasteiger partial charge in [0.05, 0.1) is 0 Å². The van der Waals surface area contributed by atoms with E-state index in [1.807, 2.05) is 17.8 Å². The van der Waals surface area contributed by atoms with E-state index in [4.69, 9.17) is 4.42 Å². The molecule has 1 aliphatic rings. The maximum atomic E-state index is 6.00. The average Bonchev–Trinajstić information content (AvgIpc) is 2.91. The number of para-hydroxylation sites is 1. The van der Waals surface area contributed by atoms with Crippen molar-refractivity contribution in [1.29, 1.82) is 0 Å². The van der Waals surface area contributed by atoms with E-state index in [0.717, 1.165) is 29.6 Å². The largest absolute Gasteiger partial charge is 0.461 e. The van der Waals surface area contributed by atoms with Gasteiger partial charge < -0.3 is 9.73 Å². The Morgan fingerprint density at radius 3 is 2.86 bits per heavy atom. The van der Waals surface area contributed by atoms with E-state index < -0.39 is 0 Å². The average molecular weight is 303 g/mol. The van der Waals surface area contributed by atoms with Crippen LogP contribution in [-0.2, 0) is 13.0 Å². The van der Waals surface area contributed by atoms with Gasteiger partial charge in [0.2, 0.25) is 0 Å². The first-order chi connectivity index (χ1) is 10.3. The summed E-state index contributed by atoms with van der Waals surface area (Å²) in [5.74, 6) is 1.14. The second-order valence-corrected chi connectivity index (χ2v) is 6.98. The van der Waals surface area contributed by atoms with Crippen LogP contribution in [-0.4, -0.2) is 17.5 Å². The third-order valence-corrected chi connectivity index (χ3v) is 5.82. The van der Waals surface area contributed by atoms with Gasteiger partial charge in [-0.2, -0.15) is 11.8 Å². The van der Waals surface area contributed by atoms with Gasteiger partial charge >= 0.3 is 0 Å². The normalized spacial score (nSPS) is 22.8. The number of aryl methyl sites for hydroxylation is 1. The Labute approximate surface area is 131 Å². The van der Waals surface area contributed by atoms with E-state index in [9.17, 15) is 0 Å². The molecule has 1 N–H and O–H groups in total. The number of thioether (sulfide) groups is 1. The van der Waals surface area contributed by atoms with Crippen molar-refractivity contribution < 1.29 is 4.42 Å². The molecule has 0 bridgehead atoms. The zero-order valence-electron chi connectivity index (χ0n) is 13.0. The third-order valence-electron chi connectivity index (χ3n) is 4.65. The van der Waals surface area contributed by atoms with Crippen LogP contribution in [0.5, 0.6) is 0 Å². The summed E-state index contributed by atoms with van der Waals surface area (Å²) in [4.78, 5) is 0. The summed E-state index contributed by atoms with van der Waals surface area (Å²) in [5, 5.41) is 5.85. The van der Waals surface area contributed by atoms with Crippen molar-refractivity contribution in [3.63, 3.8) is 0 Å². The maximum Gasteiger partial charge on any atom is 0.134 e. The lowest BCUT2D eigenvalue weighted by molar-refractivity contribution is 0.382. The van der Waals surface area contributed by atoms with Gasteiger partial charge in [0.15, 0.2) is 0 Å². The van der Waals surface area contributed by atoms with E-state index in [2.05, 4.69) is 36.7 Å². The molecule has 0 amide bonds. The minimum absolute atomic E-state index is 0.645. The van der Waals surface area contributed by atoms with Gasteiger partial charge in [0.1, 0.15) is 11.3 Å². The molecule has 1 aromatic heterocycles.